The van der Waals surface area contributed by atoms with E-state index in [9.17, 15) is 31.1 Å². The van der Waals surface area contributed by atoms with Crippen LogP contribution in [0.3, 0.4) is 0 Å². The summed E-state index contributed by atoms with van der Waals surface area (Å²) < 4.78 is 107. The Morgan fingerprint density at radius 2 is 1.82 bits per heavy atom. The number of aryl methyl sites for hydroxylation is 1. The summed E-state index contributed by atoms with van der Waals surface area (Å²) in [6.45, 7) is -2.04. The third-order valence-electron chi connectivity index (χ3n) is 5.28. The summed E-state index contributed by atoms with van der Waals surface area (Å²) in [7, 11) is 0. The normalized spacial score (nSPS) is 17.1. The molecule has 1 aliphatic rings. The summed E-state index contributed by atoms with van der Waals surface area (Å²) in [6.07, 6.45) is -4.94. The van der Waals surface area contributed by atoms with E-state index in [1.807, 2.05) is 0 Å². The van der Waals surface area contributed by atoms with E-state index in [0.717, 1.165) is 11.0 Å². The van der Waals surface area contributed by atoms with E-state index in [0.29, 0.717) is 16.1 Å². The summed E-state index contributed by atoms with van der Waals surface area (Å²) >= 11 is 3.27. The van der Waals surface area contributed by atoms with Gasteiger partial charge in [0, 0.05) is 45.5 Å². The second-order valence-corrected chi connectivity index (χ2v) is 8.52. The van der Waals surface area contributed by atoms with Gasteiger partial charge in [-0.2, -0.15) is 13.2 Å². The van der Waals surface area contributed by atoms with Gasteiger partial charge in [0.1, 0.15) is 17.7 Å². The highest BCUT2D eigenvalue weighted by Gasteiger charge is 2.40. The Hall–Kier alpha value is -3.08. The van der Waals surface area contributed by atoms with E-state index < -0.39 is 53.8 Å². The van der Waals surface area contributed by atoms with E-state index in [2.05, 4.69) is 20.9 Å². The molecule has 1 aliphatic heterocycles. The molecule has 4 nitrogen and oxygen atoms in total. The summed E-state index contributed by atoms with van der Waals surface area (Å²) in [5.74, 6) is -6.29. The van der Waals surface area contributed by atoms with E-state index >= 15 is 0 Å². The fourth-order valence-corrected chi connectivity index (χ4v) is 4.20. The number of carbonyl (C=O) groups is 1. The van der Waals surface area contributed by atoms with Crippen LogP contribution in [0.2, 0.25) is 0 Å². The highest BCUT2D eigenvalue weighted by molar-refractivity contribution is 9.10. The lowest BCUT2D eigenvalue weighted by Gasteiger charge is -2.30. The van der Waals surface area contributed by atoms with Crippen LogP contribution in [0.15, 0.2) is 46.9 Å². The molecule has 0 aliphatic carbocycles. The second-order valence-electron chi connectivity index (χ2n) is 7.61. The number of aromatic nitrogens is 1. The molecule has 1 amide bonds. The molecule has 4 rings (SSSR count). The third-order valence-corrected chi connectivity index (χ3v) is 5.77. The zero-order valence-corrected chi connectivity index (χ0v) is 18.8. The maximum absolute atomic E-state index is 14.6. The number of anilines is 3. The van der Waals surface area contributed by atoms with Crippen molar-refractivity contribution < 1.29 is 35.2 Å². The molecular formula is C23H16BrF6N3O. The number of benzene rings is 2. The molecule has 11 heteroatoms. The zero-order chi connectivity index (χ0) is 27.4. The molecule has 0 spiro atoms. The van der Waals surface area contributed by atoms with Gasteiger partial charge in [-0.15, -0.1) is 0 Å². The molecule has 3 aromatic rings. The average molecular weight is 547 g/mol. The average Bonchev–Trinajstić information content (AvgIpc) is 3.14. The van der Waals surface area contributed by atoms with Crippen molar-refractivity contribution in [2.24, 2.45) is 0 Å². The highest BCUT2D eigenvalue weighted by Crippen LogP contribution is 2.42. The number of amides is 1. The zero-order valence-electron chi connectivity index (χ0n) is 20.2. The Labute approximate surface area is 203 Å². The summed E-state index contributed by atoms with van der Waals surface area (Å²) in [5.41, 5.74) is -1.40. The van der Waals surface area contributed by atoms with Gasteiger partial charge in [-0.05, 0) is 42.8 Å². The minimum absolute atomic E-state index is 0.00388. The molecule has 0 saturated carbocycles. The van der Waals surface area contributed by atoms with Crippen molar-refractivity contribution in [3.05, 3.63) is 81.2 Å². The number of hydrogen-bond acceptors (Lipinski definition) is 3. The maximum atomic E-state index is 14.6. The molecule has 178 valence electrons. The van der Waals surface area contributed by atoms with Gasteiger partial charge in [-0.25, -0.2) is 18.2 Å². The lowest BCUT2D eigenvalue weighted by Crippen LogP contribution is -2.45. The van der Waals surface area contributed by atoms with E-state index in [4.69, 9.17) is 4.11 Å². The number of pyridine rings is 1. The molecule has 34 heavy (non-hydrogen) atoms. The van der Waals surface area contributed by atoms with Crippen LogP contribution in [-0.2, 0) is 17.4 Å². The lowest BCUT2D eigenvalue weighted by atomic mass is 10.1. The molecule has 0 unspecified atom stereocenters. The molecule has 1 aromatic heterocycles. The minimum Gasteiger partial charge on any atom is -0.313 e. The van der Waals surface area contributed by atoms with E-state index in [-0.39, 0.29) is 40.7 Å². The van der Waals surface area contributed by atoms with Crippen LogP contribution >= 0.6 is 15.9 Å². The first-order chi connectivity index (χ1) is 17.1. The maximum Gasteiger partial charge on any atom is 0.416 e. The van der Waals surface area contributed by atoms with Crippen LogP contribution in [0.4, 0.5) is 43.5 Å². The van der Waals surface area contributed by atoms with Crippen molar-refractivity contribution >= 4 is 39.0 Å². The van der Waals surface area contributed by atoms with Crippen LogP contribution < -0.4 is 9.80 Å². The summed E-state index contributed by atoms with van der Waals surface area (Å²) in [5, 5.41) is 0. The molecule has 1 atom stereocenters. The first-order valence-corrected chi connectivity index (χ1v) is 10.5. The first-order valence-electron chi connectivity index (χ1n) is 11.2. The topological polar surface area (TPSA) is 36.4 Å². The molecule has 0 bridgehead atoms. The second kappa shape index (κ2) is 8.61. The van der Waals surface area contributed by atoms with Crippen LogP contribution in [0.1, 0.15) is 20.9 Å². The van der Waals surface area contributed by atoms with Crippen molar-refractivity contribution in [3.63, 3.8) is 0 Å². The number of carbonyl (C=O) groups excluding carboxylic acids is 1. The molecule has 0 saturated heterocycles. The summed E-state index contributed by atoms with van der Waals surface area (Å²) in [6, 6.07) is 5.02. The number of fused-ring (bicyclic) bond motifs is 1. The largest absolute Gasteiger partial charge is 0.416 e. The van der Waals surface area contributed by atoms with Crippen molar-refractivity contribution in [1.82, 2.24) is 4.98 Å². The van der Waals surface area contributed by atoms with Gasteiger partial charge >= 0.3 is 6.18 Å². The Morgan fingerprint density at radius 3 is 2.50 bits per heavy atom. The monoisotopic (exact) mass is 546 g/mol. The standard InChI is InChI=1S/C23H16BrF6N3O/c1-11-5-13(23(28,29)30)8-21(31-11)33-18-4-3-14(24)6-12(18)7-20(33)22(34)32(2)19-10-16(26)15(25)9-17(19)27/h3-6,8-10,20H,7H2,1-2H3/t20-/m0/s1/i2D3. The predicted octanol–water partition coefficient (Wildman–Crippen LogP) is 6.31. The van der Waals surface area contributed by atoms with Crippen molar-refractivity contribution in [2.45, 2.75) is 25.6 Å². The third kappa shape index (κ3) is 4.36. The molecular weight excluding hydrogens is 528 g/mol. The number of alkyl halides is 3. The lowest BCUT2D eigenvalue weighted by molar-refractivity contribution is -0.137. The van der Waals surface area contributed by atoms with Gasteiger partial charge in [0.15, 0.2) is 11.6 Å². The minimum atomic E-state index is -4.75. The number of hydrogen-bond donors (Lipinski definition) is 0. The smallest absolute Gasteiger partial charge is 0.313 e. The van der Waals surface area contributed by atoms with Gasteiger partial charge in [-0.3, -0.25) is 4.79 Å². The van der Waals surface area contributed by atoms with Gasteiger partial charge < -0.3 is 9.80 Å². The van der Waals surface area contributed by atoms with Gasteiger partial charge in [0.05, 0.1) is 11.3 Å². The quantitative estimate of drug-likeness (QED) is 0.285. The van der Waals surface area contributed by atoms with Crippen LogP contribution in [0, 0.1) is 24.4 Å². The Balaban J connectivity index is 1.90. The van der Waals surface area contributed by atoms with Crippen molar-refractivity contribution in [1.29, 1.82) is 0 Å². The van der Waals surface area contributed by atoms with Crippen LogP contribution in [0.25, 0.3) is 0 Å². The predicted molar refractivity (Wildman–Crippen MR) is 117 cm³/mol. The highest BCUT2D eigenvalue weighted by atomic mass is 79.9. The Bertz CT molecular complexity index is 1400. The van der Waals surface area contributed by atoms with Gasteiger partial charge in [0.25, 0.3) is 0 Å². The van der Waals surface area contributed by atoms with Crippen LogP contribution in [0.5, 0.6) is 0 Å². The number of nitrogens with zero attached hydrogens (tertiary/aromatic N) is 3. The van der Waals surface area contributed by atoms with E-state index in [1.54, 1.807) is 12.1 Å². The molecule has 2 heterocycles. The van der Waals surface area contributed by atoms with E-state index in [1.165, 1.54) is 13.0 Å². The van der Waals surface area contributed by atoms with Gasteiger partial charge in [0.2, 0.25) is 5.91 Å². The fourth-order valence-electron chi connectivity index (χ4n) is 3.79. The molecule has 0 N–H and O–H groups in total. The number of rotatable bonds is 3. The van der Waals surface area contributed by atoms with Crippen LogP contribution in [-0.4, -0.2) is 23.9 Å². The Morgan fingerprint density at radius 1 is 1.12 bits per heavy atom. The number of halogens is 7. The SMILES string of the molecule is [2H]C([2H])([2H])N(C(=O)[C@@H]1Cc2cc(Br)ccc2N1c1cc(C(F)(F)F)cc(C)n1)c1cc(F)c(F)cc1F. The molecule has 0 radical (unpaired) electrons. The van der Waals surface area contributed by atoms with Gasteiger partial charge in [-0.1, -0.05) is 15.9 Å². The van der Waals surface area contributed by atoms with Crippen molar-refractivity contribution in [3.8, 4) is 0 Å². The molecule has 2 aromatic carbocycles. The fraction of sp³-hybridized carbons (Fsp3) is 0.217. The number of likely N-dealkylation sites (N-methyl/N-ethyl adjacent to an activating group) is 1. The summed E-state index contributed by atoms with van der Waals surface area (Å²) in [4.78, 5) is 19.0. The molecule has 0 fully saturated rings. The van der Waals surface area contributed by atoms with Crippen molar-refractivity contribution in [2.75, 3.05) is 16.8 Å². The first kappa shape index (κ1) is 20.3. The Kier molecular flexibility index (Phi) is 5.14.